The Kier molecular flexibility index (Phi) is 5.65. The van der Waals surface area contributed by atoms with Crippen LogP contribution in [-0.4, -0.2) is 59.5 Å². The SMILES string of the molecule is CN(CCOc1ccc(F)cc1Cl)C[C@H]1OCC[C@H]1c1ncn[nH]1. The molecule has 1 fully saturated rings. The zero-order valence-electron chi connectivity index (χ0n) is 13.4. The van der Waals surface area contributed by atoms with Gasteiger partial charge in [0.05, 0.1) is 11.1 Å². The molecule has 0 spiro atoms. The fourth-order valence-corrected chi connectivity index (χ4v) is 3.06. The van der Waals surface area contributed by atoms with Crippen LogP contribution in [0.3, 0.4) is 0 Å². The summed E-state index contributed by atoms with van der Waals surface area (Å²) in [4.78, 5) is 6.37. The number of H-pyrrole nitrogens is 1. The molecule has 2 atom stereocenters. The van der Waals surface area contributed by atoms with E-state index in [2.05, 4.69) is 20.1 Å². The molecule has 8 heteroatoms. The van der Waals surface area contributed by atoms with Crippen LogP contribution in [0.2, 0.25) is 5.02 Å². The molecule has 1 aliphatic rings. The van der Waals surface area contributed by atoms with E-state index in [1.165, 1.54) is 24.5 Å². The highest BCUT2D eigenvalue weighted by atomic mass is 35.5. The van der Waals surface area contributed by atoms with E-state index < -0.39 is 0 Å². The average molecular weight is 355 g/mol. The average Bonchev–Trinajstić information content (AvgIpc) is 3.20. The van der Waals surface area contributed by atoms with Gasteiger partial charge in [-0.2, -0.15) is 5.10 Å². The summed E-state index contributed by atoms with van der Waals surface area (Å²) in [5, 5.41) is 7.12. The van der Waals surface area contributed by atoms with Gasteiger partial charge in [-0.25, -0.2) is 9.37 Å². The number of nitrogens with one attached hydrogen (secondary N) is 1. The number of nitrogens with zero attached hydrogens (tertiary/aromatic N) is 3. The van der Waals surface area contributed by atoms with Gasteiger partial charge in [0, 0.05) is 25.6 Å². The molecule has 1 saturated heterocycles. The Labute approximate surface area is 144 Å². The topological polar surface area (TPSA) is 63.3 Å². The minimum absolute atomic E-state index is 0.0809. The number of likely N-dealkylation sites (N-methyl/N-ethyl adjacent to an activating group) is 1. The third-order valence-electron chi connectivity index (χ3n) is 4.11. The van der Waals surface area contributed by atoms with Gasteiger partial charge in [-0.3, -0.25) is 5.10 Å². The van der Waals surface area contributed by atoms with Crippen molar-refractivity contribution >= 4 is 11.6 Å². The first kappa shape index (κ1) is 17.1. The number of aromatic amines is 1. The number of halogens is 2. The highest BCUT2D eigenvalue weighted by Gasteiger charge is 2.32. The van der Waals surface area contributed by atoms with Crippen molar-refractivity contribution in [3.8, 4) is 5.75 Å². The predicted molar refractivity (Wildman–Crippen MR) is 87.9 cm³/mol. The molecule has 6 nitrogen and oxygen atoms in total. The molecule has 0 radical (unpaired) electrons. The third-order valence-corrected chi connectivity index (χ3v) is 4.41. The van der Waals surface area contributed by atoms with E-state index in [1.54, 1.807) is 0 Å². The first-order valence-corrected chi connectivity index (χ1v) is 8.24. The molecule has 24 heavy (non-hydrogen) atoms. The van der Waals surface area contributed by atoms with Crippen LogP contribution in [0.15, 0.2) is 24.5 Å². The van der Waals surface area contributed by atoms with Gasteiger partial charge >= 0.3 is 0 Å². The Bertz CT molecular complexity index is 656. The molecule has 3 rings (SSSR count). The Morgan fingerprint density at radius 3 is 3.12 bits per heavy atom. The van der Waals surface area contributed by atoms with Gasteiger partial charge in [0.1, 0.15) is 30.3 Å². The minimum atomic E-state index is -0.374. The normalized spacial score (nSPS) is 20.7. The smallest absolute Gasteiger partial charge is 0.138 e. The summed E-state index contributed by atoms with van der Waals surface area (Å²) < 4.78 is 24.4. The number of hydrogen-bond donors (Lipinski definition) is 1. The monoisotopic (exact) mass is 354 g/mol. The van der Waals surface area contributed by atoms with Crippen molar-refractivity contribution in [1.29, 1.82) is 0 Å². The summed E-state index contributed by atoms with van der Waals surface area (Å²) in [5.74, 6) is 1.23. The van der Waals surface area contributed by atoms with Crippen LogP contribution >= 0.6 is 11.6 Å². The second-order valence-corrected chi connectivity index (χ2v) is 6.27. The van der Waals surface area contributed by atoms with E-state index in [4.69, 9.17) is 21.1 Å². The number of ether oxygens (including phenoxy) is 2. The minimum Gasteiger partial charge on any atom is -0.491 e. The van der Waals surface area contributed by atoms with E-state index in [-0.39, 0.29) is 22.9 Å². The molecule has 0 amide bonds. The predicted octanol–water partition coefficient (Wildman–Crippen LogP) is 2.48. The van der Waals surface area contributed by atoms with Gasteiger partial charge in [-0.15, -0.1) is 0 Å². The van der Waals surface area contributed by atoms with Crippen molar-refractivity contribution in [2.24, 2.45) is 0 Å². The summed E-state index contributed by atoms with van der Waals surface area (Å²) in [6, 6.07) is 4.12. The Balaban J connectivity index is 1.46. The maximum Gasteiger partial charge on any atom is 0.138 e. The summed E-state index contributed by atoms with van der Waals surface area (Å²) in [6.45, 7) is 2.66. The summed E-state index contributed by atoms with van der Waals surface area (Å²) in [6.07, 6.45) is 2.54. The molecule has 0 aliphatic carbocycles. The fourth-order valence-electron chi connectivity index (χ4n) is 2.84. The molecule has 2 heterocycles. The second kappa shape index (κ2) is 7.92. The van der Waals surface area contributed by atoms with Crippen LogP contribution in [-0.2, 0) is 4.74 Å². The van der Waals surface area contributed by atoms with E-state index in [0.29, 0.717) is 18.9 Å². The van der Waals surface area contributed by atoms with Gasteiger partial charge < -0.3 is 14.4 Å². The lowest BCUT2D eigenvalue weighted by Crippen LogP contribution is -2.34. The number of hydrogen-bond acceptors (Lipinski definition) is 5. The zero-order valence-corrected chi connectivity index (χ0v) is 14.2. The highest BCUT2D eigenvalue weighted by molar-refractivity contribution is 6.32. The Hall–Kier alpha value is -1.70. The molecule has 0 bridgehead atoms. The number of aromatic nitrogens is 3. The van der Waals surface area contributed by atoms with Gasteiger partial charge in [0.25, 0.3) is 0 Å². The van der Waals surface area contributed by atoms with E-state index in [0.717, 1.165) is 25.4 Å². The molecular formula is C16H20ClFN4O2. The van der Waals surface area contributed by atoms with Crippen LogP contribution in [0.5, 0.6) is 5.75 Å². The van der Waals surface area contributed by atoms with Crippen molar-refractivity contribution in [3.63, 3.8) is 0 Å². The fraction of sp³-hybridized carbons (Fsp3) is 0.500. The summed E-state index contributed by atoms with van der Waals surface area (Å²) in [5.41, 5.74) is 0. The highest BCUT2D eigenvalue weighted by Crippen LogP contribution is 2.29. The van der Waals surface area contributed by atoms with Crippen LogP contribution in [0.1, 0.15) is 18.2 Å². The Morgan fingerprint density at radius 1 is 1.50 bits per heavy atom. The lowest BCUT2D eigenvalue weighted by molar-refractivity contribution is 0.0692. The lowest BCUT2D eigenvalue weighted by Gasteiger charge is -2.23. The number of benzene rings is 1. The molecule has 1 aromatic carbocycles. The molecule has 0 saturated carbocycles. The molecule has 1 aliphatic heterocycles. The first-order chi connectivity index (χ1) is 11.6. The van der Waals surface area contributed by atoms with E-state index in [1.807, 2.05) is 7.05 Å². The Morgan fingerprint density at radius 2 is 2.38 bits per heavy atom. The van der Waals surface area contributed by atoms with Crippen molar-refractivity contribution in [2.75, 3.05) is 33.4 Å². The van der Waals surface area contributed by atoms with E-state index in [9.17, 15) is 4.39 Å². The van der Waals surface area contributed by atoms with Crippen LogP contribution < -0.4 is 4.74 Å². The van der Waals surface area contributed by atoms with Crippen molar-refractivity contribution in [3.05, 3.63) is 41.2 Å². The lowest BCUT2D eigenvalue weighted by atomic mass is 10.0. The van der Waals surface area contributed by atoms with Crippen LogP contribution in [0.25, 0.3) is 0 Å². The number of rotatable bonds is 7. The van der Waals surface area contributed by atoms with Gasteiger partial charge in [-0.1, -0.05) is 11.6 Å². The van der Waals surface area contributed by atoms with E-state index >= 15 is 0 Å². The van der Waals surface area contributed by atoms with Crippen molar-refractivity contribution < 1.29 is 13.9 Å². The van der Waals surface area contributed by atoms with Crippen molar-refractivity contribution in [1.82, 2.24) is 20.1 Å². The quantitative estimate of drug-likeness (QED) is 0.827. The molecule has 1 aromatic heterocycles. The van der Waals surface area contributed by atoms with Crippen molar-refractivity contribution in [2.45, 2.75) is 18.4 Å². The molecule has 0 unspecified atom stereocenters. The van der Waals surface area contributed by atoms with Crippen LogP contribution in [0, 0.1) is 5.82 Å². The maximum absolute atomic E-state index is 13.0. The third kappa shape index (κ3) is 4.23. The standard InChI is InChI=1S/C16H20ClFN4O2/c1-22(5-7-24-14-3-2-11(18)8-13(14)17)9-15-12(4-6-23-15)16-19-10-20-21-16/h2-3,8,10,12,15H,4-7,9H2,1H3,(H,19,20,21)/t12-,15-/m1/s1. The summed E-state index contributed by atoms with van der Waals surface area (Å²) >= 11 is 5.94. The van der Waals surface area contributed by atoms with Gasteiger partial charge in [0.15, 0.2) is 0 Å². The molecule has 130 valence electrons. The zero-order chi connectivity index (χ0) is 16.9. The molecule has 1 N–H and O–H groups in total. The second-order valence-electron chi connectivity index (χ2n) is 5.86. The summed E-state index contributed by atoms with van der Waals surface area (Å²) in [7, 11) is 2.01. The largest absolute Gasteiger partial charge is 0.491 e. The van der Waals surface area contributed by atoms with Gasteiger partial charge in [-0.05, 0) is 31.7 Å². The van der Waals surface area contributed by atoms with Crippen LogP contribution in [0.4, 0.5) is 4.39 Å². The maximum atomic E-state index is 13.0. The molecular weight excluding hydrogens is 335 g/mol. The first-order valence-electron chi connectivity index (χ1n) is 7.86. The van der Waals surface area contributed by atoms with Gasteiger partial charge in [0.2, 0.25) is 0 Å². The molecule has 2 aromatic rings.